The lowest BCUT2D eigenvalue weighted by Crippen LogP contribution is -2.36. The van der Waals surface area contributed by atoms with Gasteiger partial charge in [0.05, 0.1) is 6.61 Å². The summed E-state index contributed by atoms with van der Waals surface area (Å²) in [6.45, 7) is 1.54. The molecule has 5 heteroatoms. The maximum Gasteiger partial charge on any atom is 0.167 e. The highest BCUT2D eigenvalue weighted by molar-refractivity contribution is 5.24. The average Bonchev–Trinajstić information content (AvgIpc) is 2.81. The molecule has 1 aromatic carbocycles. The normalized spacial score (nSPS) is 21.5. The monoisotopic (exact) mass is 243 g/mol. The lowest BCUT2D eigenvalue weighted by molar-refractivity contribution is 0.169. The molecule has 17 heavy (non-hydrogen) atoms. The molecule has 0 bridgehead atoms. The summed E-state index contributed by atoms with van der Waals surface area (Å²) in [5.74, 6) is -1.05. The van der Waals surface area contributed by atoms with Crippen molar-refractivity contribution in [2.45, 2.75) is 12.5 Å². The van der Waals surface area contributed by atoms with E-state index in [0.717, 1.165) is 18.6 Å². The number of nitrogens with two attached hydrogens (primary N) is 1. The molecule has 2 rings (SSSR count). The summed E-state index contributed by atoms with van der Waals surface area (Å²) < 4.78 is 36.4. The van der Waals surface area contributed by atoms with Gasteiger partial charge in [-0.05, 0) is 18.6 Å². The summed E-state index contributed by atoms with van der Waals surface area (Å²) >= 11 is 0. The molecule has 1 heterocycles. The fraction of sp³-hybridized carbons (Fsp3) is 0.500. The number of halogens is 2. The largest absolute Gasteiger partial charge is 0.489 e. The first-order chi connectivity index (χ1) is 8.16. The molecule has 0 aliphatic carbocycles. The van der Waals surface area contributed by atoms with Crippen molar-refractivity contribution in [3.63, 3.8) is 0 Å². The lowest BCUT2D eigenvalue weighted by atomic mass is 10.0. The fourth-order valence-corrected chi connectivity index (χ4v) is 1.80. The van der Waals surface area contributed by atoms with E-state index in [4.69, 9.17) is 15.2 Å². The average molecular weight is 243 g/mol. The van der Waals surface area contributed by atoms with Gasteiger partial charge in [-0.1, -0.05) is 0 Å². The van der Waals surface area contributed by atoms with Crippen LogP contribution in [0, 0.1) is 17.6 Å². The Bertz CT molecular complexity index is 381. The summed E-state index contributed by atoms with van der Waals surface area (Å²) in [5.41, 5.74) is 5.91. The van der Waals surface area contributed by atoms with Crippen molar-refractivity contribution >= 4 is 0 Å². The zero-order valence-electron chi connectivity index (χ0n) is 9.36. The Labute approximate surface area is 98.5 Å². The van der Waals surface area contributed by atoms with E-state index in [9.17, 15) is 8.78 Å². The molecule has 2 unspecified atom stereocenters. The van der Waals surface area contributed by atoms with Gasteiger partial charge < -0.3 is 15.2 Å². The topological polar surface area (TPSA) is 44.5 Å². The van der Waals surface area contributed by atoms with Crippen LogP contribution in [0.2, 0.25) is 0 Å². The third-order valence-electron chi connectivity index (χ3n) is 2.90. The summed E-state index contributed by atoms with van der Waals surface area (Å²) in [7, 11) is 0. The molecule has 1 saturated heterocycles. The van der Waals surface area contributed by atoms with Gasteiger partial charge >= 0.3 is 0 Å². The summed E-state index contributed by atoms with van der Waals surface area (Å²) in [4.78, 5) is 0. The molecule has 0 aromatic heterocycles. The number of benzene rings is 1. The van der Waals surface area contributed by atoms with Gasteiger partial charge in [0.2, 0.25) is 0 Å². The summed E-state index contributed by atoms with van der Waals surface area (Å²) in [5, 5.41) is 0. The van der Waals surface area contributed by atoms with E-state index in [-0.39, 0.29) is 24.3 Å². The van der Waals surface area contributed by atoms with Crippen LogP contribution in [0.5, 0.6) is 5.75 Å². The highest BCUT2D eigenvalue weighted by Gasteiger charge is 2.23. The zero-order chi connectivity index (χ0) is 12.3. The van der Waals surface area contributed by atoms with Crippen LogP contribution in [0.3, 0.4) is 0 Å². The Morgan fingerprint density at radius 3 is 2.94 bits per heavy atom. The van der Waals surface area contributed by atoms with Gasteiger partial charge in [0.25, 0.3) is 0 Å². The third kappa shape index (κ3) is 3.14. The van der Waals surface area contributed by atoms with Crippen LogP contribution in [0.15, 0.2) is 18.2 Å². The van der Waals surface area contributed by atoms with Crippen molar-refractivity contribution in [2.75, 3.05) is 19.8 Å². The van der Waals surface area contributed by atoms with E-state index in [1.54, 1.807) is 0 Å². The first kappa shape index (κ1) is 12.3. The van der Waals surface area contributed by atoms with E-state index in [1.165, 1.54) is 6.07 Å². The SMILES string of the molecule is NC(COc1ccc(F)cc1F)C1CCOC1. The van der Waals surface area contributed by atoms with Crippen LogP contribution in [0.25, 0.3) is 0 Å². The number of rotatable bonds is 4. The van der Waals surface area contributed by atoms with Crippen molar-refractivity contribution in [2.24, 2.45) is 11.7 Å². The van der Waals surface area contributed by atoms with Crippen LogP contribution in [-0.2, 0) is 4.74 Å². The van der Waals surface area contributed by atoms with Gasteiger partial charge in [-0.25, -0.2) is 8.78 Å². The molecule has 0 spiro atoms. The fourth-order valence-electron chi connectivity index (χ4n) is 1.80. The number of hydrogen-bond acceptors (Lipinski definition) is 3. The summed E-state index contributed by atoms with van der Waals surface area (Å²) in [6.07, 6.45) is 0.899. The Hall–Kier alpha value is -1.20. The quantitative estimate of drug-likeness (QED) is 0.875. The molecule has 0 amide bonds. The molecule has 0 radical (unpaired) electrons. The maximum absolute atomic E-state index is 13.2. The molecule has 2 atom stereocenters. The minimum atomic E-state index is -0.708. The van der Waals surface area contributed by atoms with Crippen molar-refractivity contribution < 1.29 is 18.3 Å². The molecule has 0 saturated carbocycles. The second-order valence-corrected chi connectivity index (χ2v) is 4.17. The molecular weight excluding hydrogens is 228 g/mol. The first-order valence-electron chi connectivity index (χ1n) is 5.58. The predicted molar refractivity (Wildman–Crippen MR) is 58.8 cm³/mol. The minimum Gasteiger partial charge on any atom is -0.489 e. The summed E-state index contributed by atoms with van der Waals surface area (Å²) in [6, 6.07) is 3.02. The van der Waals surface area contributed by atoms with Crippen LogP contribution in [-0.4, -0.2) is 25.9 Å². The third-order valence-corrected chi connectivity index (χ3v) is 2.90. The van der Waals surface area contributed by atoms with E-state index in [0.29, 0.717) is 13.2 Å². The van der Waals surface area contributed by atoms with Gasteiger partial charge in [0, 0.05) is 24.6 Å². The van der Waals surface area contributed by atoms with Crippen LogP contribution in [0.1, 0.15) is 6.42 Å². The molecule has 2 N–H and O–H groups in total. The smallest absolute Gasteiger partial charge is 0.167 e. The Kier molecular flexibility index (Phi) is 3.91. The van der Waals surface area contributed by atoms with Gasteiger partial charge in [-0.15, -0.1) is 0 Å². The van der Waals surface area contributed by atoms with Crippen LogP contribution < -0.4 is 10.5 Å². The number of ether oxygens (including phenoxy) is 2. The first-order valence-corrected chi connectivity index (χ1v) is 5.58. The van der Waals surface area contributed by atoms with Gasteiger partial charge in [0.1, 0.15) is 12.4 Å². The standard InChI is InChI=1S/C12H15F2NO2/c13-9-1-2-12(10(14)5-9)17-7-11(15)8-3-4-16-6-8/h1-2,5,8,11H,3-4,6-7,15H2. The maximum atomic E-state index is 13.2. The minimum absolute atomic E-state index is 0.0285. The lowest BCUT2D eigenvalue weighted by Gasteiger charge is -2.18. The predicted octanol–water partition coefficient (Wildman–Crippen LogP) is 1.71. The molecule has 1 aromatic rings. The van der Waals surface area contributed by atoms with Gasteiger partial charge in [-0.2, -0.15) is 0 Å². The molecule has 94 valence electrons. The van der Waals surface area contributed by atoms with Crippen molar-refractivity contribution in [1.82, 2.24) is 0 Å². The Morgan fingerprint density at radius 1 is 1.47 bits per heavy atom. The molecule has 1 fully saturated rings. The Balaban J connectivity index is 1.88. The zero-order valence-corrected chi connectivity index (χ0v) is 9.36. The van der Waals surface area contributed by atoms with Gasteiger partial charge in [0.15, 0.2) is 11.6 Å². The van der Waals surface area contributed by atoms with E-state index < -0.39 is 11.6 Å². The van der Waals surface area contributed by atoms with Crippen molar-refractivity contribution in [3.8, 4) is 5.75 Å². The van der Waals surface area contributed by atoms with Crippen molar-refractivity contribution in [3.05, 3.63) is 29.8 Å². The number of hydrogen-bond donors (Lipinski definition) is 1. The molecule has 1 aliphatic heterocycles. The second-order valence-electron chi connectivity index (χ2n) is 4.17. The molecular formula is C12H15F2NO2. The molecule has 3 nitrogen and oxygen atoms in total. The van der Waals surface area contributed by atoms with E-state index in [2.05, 4.69) is 0 Å². The highest BCUT2D eigenvalue weighted by atomic mass is 19.1. The van der Waals surface area contributed by atoms with Crippen molar-refractivity contribution in [1.29, 1.82) is 0 Å². The Morgan fingerprint density at radius 2 is 2.29 bits per heavy atom. The second kappa shape index (κ2) is 5.42. The van der Waals surface area contributed by atoms with E-state index in [1.807, 2.05) is 0 Å². The highest BCUT2D eigenvalue weighted by Crippen LogP contribution is 2.20. The van der Waals surface area contributed by atoms with Crippen LogP contribution in [0.4, 0.5) is 8.78 Å². The van der Waals surface area contributed by atoms with Crippen LogP contribution >= 0.6 is 0 Å². The van der Waals surface area contributed by atoms with E-state index >= 15 is 0 Å². The van der Waals surface area contributed by atoms with Gasteiger partial charge in [-0.3, -0.25) is 0 Å². The molecule has 1 aliphatic rings.